The van der Waals surface area contributed by atoms with Crippen molar-refractivity contribution in [2.24, 2.45) is 0 Å². The lowest BCUT2D eigenvalue weighted by Crippen LogP contribution is -2.18. The van der Waals surface area contributed by atoms with E-state index in [1.54, 1.807) is 0 Å². The summed E-state index contributed by atoms with van der Waals surface area (Å²) in [6.07, 6.45) is 0. The van der Waals surface area contributed by atoms with Crippen LogP contribution in [0, 0.1) is 6.92 Å². The van der Waals surface area contributed by atoms with Crippen molar-refractivity contribution >= 4 is 18.5 Å². The maximum absolute atomic E-state index is 12.6. The summed E-state index contributed by atoms with van der Waals surface area (Å²) in [5.74, 6) is 0. The zero-order valence-corrected chi connectivity index (χ0v) is 12.6. The molecule has 0 spiro atoms. The summed E-state index contributed by atoms with van der Waals surface area (Å²) < 4.78 is 12.6. The van der Waals surface area contributed by atoms with Gasteiger partial charge < -0.3 is 0 Å². The zero-order valence-electron chi connectivity index (χ0n) is 11.7. The summed E-state index contributed by atoms with van der Waals surface area (Å²) in [6.45, 7) is 6.24. The molecule has 2 aromatic carbocycles. The Bertz CT molecular complexity index is 514. The van der Waals surface area contributed by atoms with Crippen LogP contribution in [-0.4, -0.2) is 5.66 Å². The molecule has 1 atom stereocenters. The van der Waals surface area contributed by atoms with Crippen LogP contribution in [0.5, 0.6) is 0 Å². The molecule has 0 aliphatic carbocycles. The van der Waals surface area contributed by atoms with Gasteiger partial charge in [0.15, 0.2) is 0 Å². The predicted molar refractivity (Wildman–Crippen MR) is 83.8 cm³/mol. The highest BCUT2D eigenvalue weighted by Crippen LogP contribution is 2.38. The van der Waals surface area contributed by atoms with Gasteiger partial charge in [-0.3, -0.25) is 0 Å². The van der Waals surface area contributed by atoms with E-state index in [4.69, 9.17) is 0 Å². The Labute approximate surface area is 116 Å². The van der Waals surface area contributed by atoms with E-state index in [1.807, 2.05) is 12.1 Å². The minimum Gasteiger partial charge on any atom is -0.246 e. The molecule has 0 N–H and O–H groups in total. The molecule has 0 radical (unpaired) electrons. The lowest BCUT2D eigenvalue weighted by molar-refractivity contribution is 0.485. The Morgan fingerprint density at radius 1 is 0.895 bits per heavy atom. The molecule has 1 unspecified atom stereocenters. The molecule has 0 aliphatic heterocycles. The average Bonchev–Trinajstić information content (AvgIpc) is 2.42. The van der Waals surface area contributed by atoms with E-state index in [2.05, 4.69) is 57.2 Å². The lowest BCUT2D eigenvalue weighted by atomic mass is 10.2. The van der Waals surface area contributed by atoms with Gasteiger partial charge in [-0.05, 0) is 36.7 Å². The number of hydrogen-bond donors (Lipinski definition) is 0. The van der Waals surface area contributed by atoms with Crippen molar-refractivity contribution < 1.29 is 4.39 Å². The van der Waals surface area contributed by atoms with Gasteiger partial charge in [0, 0.05) is 0 Å². The molecule has 0 nitrogen and oxygen atoms in total. The summed E-state index contributed by atoms with van der Waals surface area (Å²) in [6, 6.07) is 16.8. The third-order valence-electron chi connectivity index (χ3n) is 3.20. The van der Waals surface area contributed by atoms with Crippen molar-refractivity contribution in [3.05, 3.63) is 59.7 Å². The fraction of sp³-hybridized carbons (Fsp3) is 0.294. The Hall–Kier alpha value is -1.20. The maximum Gasteiger partial charge on any atom is 0.115 e. The molecule has 100 valence electrons. The Morgan fingerprint density at radius 2 is 1.37 bits per heavy atom. The van der Waals surface area contributed by atoms with Crippen molar-refractivity contribution in [3.63, 3.8) is 0 Å². The number of halogens is 1. The van der Waals surface area contributed by atoms with Gasteiger partial charge in [-0.1, -0.05) is 67.9 Å². The Morgan fingerprint density at radius 3 is 1.79 bits per heavy atom. The fourth-order valence-electron chi connectivity index (χ4n) is 2.20. The second-order valence-electron chi connectivity index (χ2n) is 5.10. The van der Waals surface area contributed by atoms with Crippen LogP contribution in [0.15, 0.2) is 48.5 Å². The van der Waals surface area contributed by atoms with E-state index in [9.17, 15) is 4.39 Å². The first-order chi connectivity index (χ1) is 9.11. The number of hydrogen-bond acceptors (Lipinski definition) is 0. The van der Waals surface area contributed by atoms with Crippen LogP contribution in [0.3, 0.4) is 0 Å². The third kappa shape index (κ3) is 3.42. The first-order valence-electron chi connectivity index (χ1n) is 6.62. The van der Waals surface area contributed by atoms with E-state index < -0.39 is 0 Å². The molecule has 0 aromatic heterocycles. The second kappa shape index (κ2) is 6.30. The molecular formula is C17H20FP. The molecule has 19 heavy (non-hydrogen) atoms. The molecule has 0 amide bonds. The Kier molecular flexibility index (Phi) is 4.71. The highest BCUT2D eigenvalue weighted by Gasteiger charge is 2.17. The van der Waals surface area contributed by atoms with Crippen molar-refractivity contribution in [2.45, 2.75) is 33.1 Å². The van der Waals surface area contributed by atoms with Crippen LogP contribution in [0.2, 0.25) is 0 Å². The molecule has 0 fully saturated rings. The van der Waals surface area contributed by atoms with Crippen molar-refractivity contribution in [1.82, 2.24) is 0 Å². The van der Waals surface area contributed by atoms with Gasteiger partial charge in [-0.2, -0.15) is 0 Å². The molecule has 0 bridgehead atoms. The average molecular weight is 274 g/mol. The largest absolute Gasteiger partial charge is 0.246 e. The smallest absolute Gasteiger partial charge is 0.115 e. The summed E-state index contributed by atoms with van der Waals surface area (Å²) in [5.41, 5.74) is 2.62. The van der Waals surface area contributed by atoms with Crippen LogP contribution in [0.25, 0.3) is 0 Å². The highest BCUT2D eigenvalue weighted by molar-refractivity contribution is 7.73. The molecule has 0 aliphatic rings. The van der Waals surface area contributed by atoms with E-state index in [-0.39, 0.29) is 14.6 Å². The van der Waals surface area contributed by atoms with Crippen LogP contribution >= 0.6 is 7.92 Å². The standard InChI is InChI=1S/C17H20FP/c1-13(2)19(16-8-4-14(3)5-9-16)17-10-6-15(12-18)7-11-17/h4-11,13H,12H2,1-3H3. The Balaban J connectivity index is 2.36. The van der Waals surface area contributed by atoms with E-state index in [0.29, 0.717) is 5.66 Å². The van der Waals surface area contributed by atoms with Crippen molar-refractivity contribution in [1.29, 1.82) is 0 Å². The number of aryl methyl sites for hydroxylation is 1. The maximum atomic E-state index is 12.6. The highest BCUT2D eigenvalue weighted by atomic mass is 31.1. The van der Waals surface area contributed by atoms with Gasteiger partial charge in [-0.25, -0.2) is 4.39 Å². The lowest BCUT2D eigenvalue weighted by Gasteiger charge is -2.23. The number of benzene rings is 2. The third-order valence-corrected chi connectivity index (χ3v) is 5.94. The quantitative estimate of drug-likeness (QED) is 0.729. The summed E-state index contributed by atoms with van der Waals surface area (Å²) in [5, 5.41) is 2.72. The SMILES string of the molecule is Cc1ccc(P(c2ccc(CF)cc2)C(C)C)cc1. The van der Waals surface area contributed by atoms with E-state index >= 15 is 0 Å². The van der Waals surface area contributed by atoms with Crippen molar-refractivity contribution in [3.8, 4) is 0 Å². The fourth-order valence-corrected chi connectivity index (χ4v) is 4.63. The first-order valence-corrected chi connectivity index (χ1v) is 8.03. The van der Waals surface area contributed by atoms with E-state index in [0.717, 1.165) is 5.56 Å². The van der Waals surface area contributed by atoms with Crippen LogP contribution in [0.4, 0.5) is 4.39 Å². The molecule has 0 heterocycles. The monoisotopic (exact) mass is 274 g/mol. The molecule has 0 saturated heterocycles. The summed E-state index contributed by atoms with van der Waals surface area (Å²) >= 11 is 0. The molecule has 2 rings (SSSR count). The molecule has 2 heteroatoms. The van der Waals surface area contributed by atoms with Crippen LogP contribution in [0.1, 0.15) is 25.0 Å². The van der Waals surface area contributed by atoms with Gasteiger partial charge >= 0.3 is 0 Å². The summed E-state index contributed by atoms with van der Waals surface area (Å²) in [4.78, 5) is 0. The number of rotatable bonds is 4. The van der Waals surface area contributed by atoms with Crippen LogP contribution in [-0.2, 0) is 6.67 Å². The van der Waals surface area contributed by atoms with Crippen molar-refractivity contribution in [2.75, 3.05) is 0 Å². The zero-order chi connectivity index (χ0) is 13.8. The van der Waals surface area contributed by atoms with Gasteiger partial charge in [0.2, 0.25) is 0 Å². The topological polar surface area (TPSA) is 0 Å². The predicted octanol–water partition coefficient (Wildman–Crippen LogP) is 4.31. The summed E-state index contributed by atoms with van der Waals surface area (Å²) in [7, 11) is -0.362. The molecule has 0 saturated carbocycles. The first kappa shape index (κ1) is 14.2. The molecule has 2 aromatic rings. The minimum absolute atomic E-state index is 0.362. The van der Waals surface area contributed by atoms with E-state index in [1.165, 1.54) is 16.2 Å². The normalized spacial score (nSPS) is 12.7. The minimum atomic E-state index is -0.385. The van der Waals surface area contributed by atoms with Gasteiger partial charge in [-0.15, -0.1) is 0 Å². The second-order valence-corrected chi connectivity index (χ2v) is 7.90. The number of alkyl halides is 1. The van der Waals surface area contributed by atoms with Gasteiger partial charge in [0.25, 0.3) is 0 Å². The molecular weight excluding hydrogens is 254 g/mol. The van der Waals surface area contributed by atoms with Crippen LogP contribution < -0.4 is 10.6 Å². The van der Waals surface area contributed by atoms with Gasteiger partial charge in [0.05, 0.1) is 0 Å². The van der Waals surface area contributed by atoms with Gasteiger partial charge in [0.1, 0.15) is 6.67 Å².